The van der Waals surface area contributed by atoms with Gasteiger partial charge in [-0.2, -0.15) is 0 Å². The first-order valence-corrected chi connectivity index (χ1v) is 5.77. The zero-order valence-electron chi connectivity index (χ0n) is 9.85. The summed E-state index contributed by atoms with van der Waals surface area (Å²) in [5.41, 5.74) is 1.26. The Morgan fingerprint density at radius 3 is 2.59 bits per heavy atom. The molecule has 3 heteroatoms. The zero-order chi connectivity index (χ0) is 12.3. The van der Waals surface area contributed by atoms with E-state index in [4.69, 9.17) is 4.74 Å². The lowest BCUT2D eigenvalue weighted by atomic mass is 9.91. The summed E-state index contributed by atoms with van der Waals surface area (Å²) in [6.07, 6.45) is 3.33. The van der Waals surface area contributed by atoms with E-state index in [2.05, 4.69) is 0 Å². The van der Waals surface area contributed by atoms with Gasteiger partial charge in [-0.1, -0.05) is 18.2 Å². The van der Waals surface area contributed by atoms with Gasteiger partial charge in [0.2, 0.25) is 0 Å². The number of hydrogen-bond donors (Lipinski definition) is 1. The molecular formula is C14H16O3. The molecule has 1 aromatic carbocycles. The van der Waals surface area contributed by atoms with Crippen LogP contribution in [0.15, 0.2) is 35.9 Å². The Morgan fingerprint density at radius 1 is 1.29 bits per heavy atom. The van der Waals surface area contributed by atoms with Gasteiger partial charge in [0.15, 0.2) is 5.78 Å². The van der Waals surface area contributed by atoms with Crippen LogP contribution in [0.3, 0.4) is 0 Å². The Bertz CT molecular complexity index is 431. The molecule has 1 atom stereocenters. The second-order valence-electron chi connectivity index (χ2n) is 4.15. The largest absolute Gasteiger partial charge is 0.497 e. The first-order chi connectivity index (χ1) is 8.22. The van der Waals surface area contributed by atoms with Crippen LogP contribution in [0.25, 0.3) is 0 Å². The first kappa shape index (κ1) is 11.9. The molecule has 17 heavy (non-hydrogen) atoms. The fourth-order valence-corrected chi connectivity index (χ4v) is 2.01. The van der Waals surface area contributed by atoms with Crippen molar-refractivity contribution in [2.45, 2.75) is 25.4 Å². The van der Waals surface area contributed by atoms with Crippen molar-refractivity contribution >= 4 is 5.78 Å². The van der Waals surface area contributed by atoms with Crippen LogP contribution in [0.5, 0.6) is 5.75 Å². The van der Waals surface area contributed by atoms with Crippen molar-refractivity contribution in [1.82, 2.24) is 0 Å². The third-order valence-corrected chi connectivity index (χ3v) is 3.02. The molecule has 0 amide bonds. The van der Waals surface area contributed by atoms with Gasteiger partial charge in [-0.25, -0.2) is 0 Å². The minimum absolute atomic E-state index is 0.0552. The molecule has 1 N–H and O–H groups in total. The van der Waals surface area contributed by atoms with E-state index in [1.165, 1.54) is 0 Å². The second-order valence-corrected chi connectivity index (χ2v) is 4.15. The summed E-state index contributed by atoms with van der Waals surface area (Å²) in [5, 5.41) is 10.1. The standard InChI is InChI=1S/C14H16O3/c1-17-11-8-6-10(7-9-11)14(16)12-4-2-3-5-13(12)15/h4,6-9,14,16H,2-3,5H2,1H3. The minimum Gasteiger partial charge on any atom is -0.497 e. The Morgan fingerprint density at radius 2 is 2.00 bits per heavy atom. The molecule has 1 aliphatic carbocycles. The molecule has 0 saturated heterocycles. The molecule has 0 heterocycles. The quantitative estimate of drug-likeness (QED) is 0.870. The van der Waals surface area contributed by atoms with Crippen molar-refractivity contribution in [3.8, 4) is 5.75 Å². The van der Waals surface area contributed by atoms with E-state index in [9.17, 15) is 9.90 Å². The molecule has 3 nitrogen and oxygen atoms in total. The predicted octanol–water partition coefficient (Wildman–Crippen LogP) is 2.41. The van der Waals surface area contributed by atoms with Crippen LogP contribution < -0.4 is 4.74 Å². The van der Waals surface area contributed by atoms with Crippen LogP contribution in [-0.2, 0) is 4.79 Å². The van der Waals surface area contributed by atoms with Gasteiger partial charge >= 0.3 is 0 Å². The van der Waals surface area contributed by atoms with Crippen LogP contribution in [0, 0.1) is 0 Å². The smallest absolute Gasteiger partial charge is 0.161 e. The molecule has 0 radical (unpaired) electrons. The fourth-order valence-electron chi connectivity index (χ4n) is 2.01. The van der Waals surface area contributed by atoms with Gasteiger partial charge < -0.3 is 9.84 Å². The van der Waals surface area contributed by atoms with Gasteiger partial charge in [-0.15, -0.1) is 0 Å². The molecule has 0 spiro atoms. The Kier molecular flexibility index (Phi) is 3.59. The van der Waals surface area contributed by atoms with Gasteiger partial charge in [0.25, 0.3) is 0 Å². The molecule has 90 valence electrons. The van der Waals surface area contributed by atoms with Crippen molar-refractivity contribution < 1.29 is 14.6 Å². The maximum atomic E-state index is 11.7. The van der Waals surface area contributed by atoms with E-state index in [-0.39, 0.29) is 5.78 Å². The predicted molar refractivity (Wildman–Crippen MR) is 64.9 cm³/mol. The maximum absolute atomic E-state index is 11.7. The summed E-state index contributed by atoms with van der Waals surface area (Å²) in [5.74, 6) is 0.796. The highest BCUT2D eigenvalue weighted by Crippen LogP contribution is 2.28. The number of rotatable bonds is 3. The minimum atomic E-state index is -0.811. The van der Waals surface area contributed by atoms with Gasteiger partial charge in [0.05, 0.1) is 7.11 Å². The molecule has 1 aliphatic rings. The van der Waals surface area contributed by atoms with Crippen molar-refractivity contribution in [3.05, 3.63) is 41.5 Å². The Hall–Kier alpha value is -1.61. The lowest BCUT2D eigenvalue weighted by Crippen LogP contribution is -2.14. The molecule has 0 aliphatic heterocycles. The summed E-state index contributed by atoms with van der Waals surface area (Å²) >= 11 is 0. The Labute approximate surface area is 101 Å². The number of Topliss-reactive ketones (excluding diaryl/α,β-unsaturated/α-hetero) is 1. The molecule has 0 aromatic heterocycles. The monoisotopic (exact) mass is 232 g/mol. The highest BCUT2D eigenvalue weighted by Gasteiger charge is 2.22. The highest BCUT2D eigenvalue weighted by molar-refractivity contribution is 5.97. The van der Waals surface area contributed by atoms with Crippen LogP contribution >= 0.6 is 0 Å². The SMILES string of the molecule is COc1ccc(C(O)C2=CCCCC2=O)cc1. The number of hydrogen-bond acceptors (Lipinski definition) is 3. The van der Waals surface area contributed by atoms with Gasteiger partial charge in [-0.05, 0) is 30.5 Å². The van der Waals surface area contributed by atoms with E-state index in [0.717, 1.165) is 24.2 Å². The average molecular weight is 232 g/mol. The number of allylic oxidation sites excluding steroid dienone is 1. The number of carbonyl (C=O) groups excluding carboxylic acids is 1. The molecule has 2 rings (SSSR count). The first-order valence-electron chi connectivity index (χ1n) is 5.77. The number of ether oxygens (including phenoxy) is 1. The van der Waals surface area contributed by atoms with E-state index >= 15 is 0 Å². The molecule has 1 aromatic rings. The van der Waals surface area contributed by atoms with E-state index < -0.39 is 6.10 Å². The van der Waals surface area contributed by atoms with Crippen LogP contribution in [0.4, 0.5) is 0 Å². The lowest BCUT2D eigenvalue weighted by molar-refractivity contribution is -0.117. The number of aliphatic hydroxyl groups excluding tert-OH is 1. The summed E-state index contributed by atoms with van der Waals surface area (Å²) in [7, 11) is 1.60. The Balaban J connectivity index is 2.21. The number of aliphatic hydroxyl groups is 1. The van der Waals surface area contributed by atoms with Gasteiger partial charge in [0.1, 0.15) is 11.9 Å². The van der Waals surface area contributed by atoms with Crippen molar-refractivity contribution in [2.75, 3.05) is 7.11 Å². The van der Waals surface area contributed by atoms with Crippen molar-refractivity contribution in [2.24, 2.45) is 0 Å². The van der Waals surface area contributed by atoms with E-state index in [0.29, 0.717) is 12.0 Å². The summed E-state index contributed by atoms with van der Waals surface area (Å²) in [6, 6.07) is 7.14. The van der Waals surface area contributed by atoms with Crippen molar-refractivity contribution in [1.29, 1.82) is 0 Å². The second kappa shape index (κ2) is 5.15. The van der Waals surface area contributed by atoms with E-state index in [1.54, 1.807) is 31.4 Å². The topological polar surface area (TPSA) is 46.5 Å². The number of benzene rings is 1. The average Bonchev–Trinajstić information content (AvgIpc) is 2.39. The van der Waals surface area contributed by atoms with Gasteiger partial charge in [0, 0.05) is 12.0 Å². The van der Waals surface area contributed by atoms with Crippen LogP contribution in [0.2, 0.25) is 0 Å². The molecule has 0 fully saturated rings. The van der Waals surface area contributed by atoms with Crippen LogP contribution in [-0.4, -0.2) is 18.0 Å². The summed E-state index contributed by atoms with van der Waals surface area (Å²) in [6.45, 7) is 0. The maximum Gasteiger partial charge on any atom is 0.161 e. The van der Waals surface area contributed by atoms with Crippen LogP contribution in [0.1, 0.15) is 30.9 Å². The molecule has 0 bridgehead atoms. The van der Waals surface area contributed by atoms with E-state index in [1.807, 2.05) is 6.08 Å². The van der Waals surface area contributed by atoms with Gasteiger partial charge in [-0.3, -0.25) is 4.79 Å². The highest BCUT2D eigenvalue weighted by atomic mass is 16.5. The molecular weight excluding hydrogens is 216 g/mol. The normalized spacial score (nSPS) is 17.5. The number of ketones is 1. The number of carbonyl (C=O) groups is 1. The summed E-state index contributed by atoms with van der Waals surface area (Å²) < 4.78 is 5.05. The number of methoxy groups -OCH3 is 1. The zero-order valence-corrected chi connectivity index (χ0v) is 9.85. The molecule has 1 unspecified atom stereocenters. The fraction of sp³-hybridized carbons (Fsp3) is 0.357. The molecule has 0 saturated carbocycles. The third-order valence-electron chi connectivity index (χ3n) is 3.02. The third kappa shape index (κ3) is 2.56. The van der Waals surface area contributed by atoms with Crippen molar-refractivity contribution in [3.63, 3.8) is 0 Å². The summed E-state index contributed by atoms with van der Waals surface area (Å²) in [4.78, 5) is 11.7. The lowest BCUT2D eigenvalue weighted by Gasteiger charge is -2.18.